The molecule has 5 nitrogen and oxygen atoms in total. The Hall–Kier alpha value is -2.74. The van der Waals surface area contributed by atoms with E-state index in [1.54, 1.807) is 54.6 Å². The maximum atomic E-state index is 14.0. The molecular weight excluding hydrogens is 490 g/mol. The summed E-state index contributed by atoms with van der Waals surface area (Å²) in [6, 6.07) is 21.5. The first-order chi connectivity index (χ1) is 15.3. The van der Waals surface area contributed by atoms with Gasteiger partial charge in [0.25, 0.3) is 0 Å². The normalized spacial score (nSPS) is 19.4. The molecule has 0 amide bonds. The maximum Gasteiger partial charge on any atom is 0.333 e. The van der Waals surface area contributed by atoms with Crippen LogP contribution in [-0.4, -0.2) is 23.8 Å². The van der Waals surface area contributed by atoms with Crippen LogP contribution in [0.4, 0.5) is 0 Å². The molecule has 0 saturated carbocycles. The summed E-state index contributed by atoms with van der Waals surface area (Å²) in [6.07, 6.45) is 1.90. The molecule has 1 aliphatic heterocycles. The molecule has 1 heterocycles. The highest BCUT2D eigenvalue weighted by atomic mass is 79.9. The number of carboxylic acids is 1. The van der Waals surface area contributed by atoms with Gasteiger partial charge in [-0.15, -0.1) is 0 Å². The second-order valence-electron chi connectivity index (χ2n) is 7.73. The van der Waals surface area contributed by atoms with E-state index >= 15 is 0 Å². The van der Waals surface area contributed by atoms with E-state index in [1.165, 1.54) is 4.31 Å². The van der Waals surface area contributed by atoms with E-state index < -0.39 is 28.1 Å². The topological polar surface area (TPSA) is 74.7 Å². The van der Waals surface area contributed by atoms with Crippen molar-refractivity contribution in [2.75, 3.05) is 0 Å². The van der Waals surface area contributed by atoms with Crippen molar-refractivity contribution in [3.05, 3.63) is 112 Å². The van der Waals surface area contributed by atoms with Crippen LogP contribution in [0.25, 0.3) is 0 Å². The molecule has 0 aliphatic carbocycles. The zero-order valence-corrected chi connectivity index (χ0v) is 19.8. The Labute approximate surface area is 196 Å². The van der Waals surface area contributed by atoms with E-state index in [2.05, 4.69) is 15.9 Å². The van der Waals surface area contributed by atoms with Gasteiger partial charge in [0.1, 0.15) is 0 Å². The summed E-state index contributed by atoms with van der Waals surface area (Å²) in [5.41, 5.74) is 2.39. The fourth-order valence-corrected chi connectivity index (χ4v) is 6.27. The number of hydrogen-bond acceptors (Lipinski definition) is 3. The number of benzene rings is 3. The molecule has 1 aliphatic rings. The molecule has 4 rings (SSSR count). The first kappa shape index (κ1) is 22.5. The lowest BCUT2D eigenvalue weighted by molar-refractivity contribution is -0.133. The minimum atomic E-state index is -4.04. The van der Waals surface area contributed by atoms with Gasteiger partial charge < -0.3 is 5.11 Å². The summed E-state index contributed by atoms with van der Waals surface area (Å²) in [6.45, 7) is 1.89. The summed E-state index contributed by atoms with van der Waals surface area (Å²) in [5, 5.41) is 9.96. The molecule has 0 radical (unpaired) electrons. The van der Waals surface area contributed by atoms with Gasteiger partial charge in [-0.25, -0.2) is 13.2 Å². The summed E-state index contributed by atoms with van der Waals surface area (Å²) in [5.74, 6) is -1.13. The highest BCUT2D eigenvalue weighted by molar-refractivity contribution is 9.10. The fraction of sp³-hybridized carbons (Fsp3) is 0.160. The van der Waals surface area contributed by atoms with E-state index in [-0.39, 0.29) is 16.9 Å². The number of aliphatic carboxylic acids is 1. The van der Waals surface area contributed by atoms with Gasteiger partial charge in [-0.3, -0.25) is 0 Å². The number of hydrogen-bond donors (Lipinski definition) is 1. The van der Waals surface area contributed by atoms with Gasteiger partial charge in [-0.2, -0.15) is 4.31 Å². The molecular formula is C25H22BrNO4S. The molecule has 3 aromatic rings. The summed E-state index contributed by atoms with van der Waals surface area (Å²) < 4.78 is 30.2. The molecule has 164 valence electrons. The lowest BCUT2D eigenvalue weighted by atomic mass is 9.89. The number of rotatable bonds is 5. The second-order valence-corrected chi connectivity index (χ2v) is 10.5. The first-order valence-electron chi connectivity index (χ1n) is 10.1. The molecule has 2 unspecified atom stereocenters. The van der Waals surface area contributed by atoms with Crippen molar-refractivity contribution in [2.45, 2.75) is 30.3 Å². The van der Waals surface area contributed by atoms with Crippen molar-refractivity contribution < 1.29 is 18.3 Å². The predicted molar refractivity (Wildman–Crippen MR) is 127 cm³/mol. The van der Waals surface area contributed by atoms with Gasteiger partial charge in [-0.05, 0) is 48.7 Å². The highest BCUT2D eigenvalue weighted by Gasteiger charge is 2.44. The maximum absolute atomic E-state index is 14.0. The summed E-state index contributed by atoms with van der Waals surface area (Å²) in [4.78, 5) is 12.3. The van der Waals surface area contributed by atoms with Gasteiger partial charge in [-0.1, -0.05) is 82.2 Å². The zero-order chi connectivity index (χ0) is 22.9. The van der Waals surface area contributed by atoms with E-state index in [9.17, 15) is 18.3 Å². The third-order valence-electron chi connectivity index (χ3n) is 5.61. The molecule has 1 N–H and O–H groups in total. The number of halogens is 1. The van der Waals surface area contributed by atoms with Gasteiger partial charge in [0.05, 0.1) is 22.6 Å². The third-order valence-corrected chi connectivity index (χ3v) is 7.99. The number of nitrogens with zero attached hydrogens (tertiary/aromatic N) is 1. The number of sulfonamides is 1. The summed E-state index contributed by atoms with van der Waals surface area (Å²) >= 11 is 3.47. The Bertz CT molecular complexity index is 1270. The molecule has 2 atom stereocenters. The van der Waals surface area contributed by atoms with Gasteiger partial charge in [0, 0.05) is 4.47 Å². The quantitative estimate of drug-likeness (QED) is 0.480. The van der Waals surface area contributed by atoms with E-state index in [4.69, 9.17) is 0 Å². The summed E-state index contributed by atoms with van der Waals surface area (Å²) in [7, 11) is -4.04. The molecule has 0 spiro atoms. The van der Waals surface area contributed by atoms with Crippen molar-refractivity contribution in [3.63, 3.8) is 0 Å². The van der Waals surface area contributed by atoms with E-state index in [0.29, 0.717) is 5.56 Å². The second kappa shape index (κ2) is 9.02. The third kappa shape index (κ3) is 4.28. The number of carbonyl (C=O) groups is 1. The SMILES string of the molecule is Cc1ccc(S(=O)(=O)N2C(c3cccc(Br)c3)CC=C(C(=O)O)C2c2ccccc2)cc1. The molecule has 0 fully saturated rings. The molecule has 0 saturated heterocycles. The Morgan fingerprint density at radius 1 is 0.969 bits per heavy atom. The molecule has 0 aromatic heterocycles. The van der Waals surface area contributed by atoms with Gasteiger partial charge in [0.15, 0.2) is 0 Å². The first-order valence-corrected chi connectivity index (χ1v) is 12.4. The van der Waals surface area contributed by atoms with Crippen molar-refractivity contribution in [3.8, 4) is 0 Å². The van der Waals surface area contributed by atoms with Crippen molar-refractivity contribution in [1.82, 2.24) is 4.31 Å². The van der Waals surface area contributed by atoms with Crippen LogP contribution in [0.2, 0.25) is 0 Å². The fourth-order valence-electron chi connectivity index (χ4n) is 4.07. The van der Waals surface area contributed by atoms with Crippen LogP contribution < -0.4 is 0 Å². The lowest BCUT2D eigenvalue weighted by Gasteiger charge is -2.40. The standard InChI is InChI=1S/C25H22BrNO4S/c1-17-10-12-21(13-11-17)32(30,31)27-23(19-8-5-9-20(26)16-19)15-14-22(25(28)29)24(27)18-6-3-2-4-7-18/h2-14,16,23-24H,15H2,1H3,(H,28,29). The highest BCUT2D eigenvalue weighted by Crippen LogP contribution is 2.45. The van der Waals surface area contributed by atoms with Crippen molar-refractivity contribution in [1.29, 1.82) is 0 Å². The lowest BCUT2D eigenvalue weighted by Crippen LogP contribution is -2.42. The Balaban J connectivity index is 1.97. The van der Waals surface area contributed by atoms with Crippen LogP contribution in [0.1, 0.15) is 35.2 Å². The van der Waals surface area contributed by atoms with Crippen molar-refractivity contribution >= 4 is 31.9 Å². The van der Waals surface area contributed by atoms with Crippen molar-refractivity contribution in [2.24, 2.45) is 0 Å². The molecule has 0 bridgehead atoms. The molecule has 7 heteroatoms. The van der Waals surface area contributed by atoms with E-state index in [1.807, 2.05) is 37.3 Å². The Morgan fingerprint density at radius 3 is 2.25 bits per heavy atom. The average molecular weight is 512 g/mol. The van der Waals surface area contributed by atoms with E-state index in [0.717, 1.165) is 15.6 Å². The smallest absolute Gasteiger partial charge is 0.333 e. The predicted octanol–water partition coefficient (Wildman–Crippen LogP) is 5.65. The minimum Gasteiger partial charge on any atom is -0.478 e. The van der Waals surface area contributed by atoms with Crippen LogP contribution in [0.15, 0.2) is 99.9 Å². The average Bonchev–Trinajstić information content (AvgIpc) is 2.79. The Kier molecular flexibility index (Phi) is 6.33. The zero-order valence-electron chi connectivity index (χ0n) is 17.4. The van der Waals surface area contributed by atoms with Crippen LogP contribution in [0.5, 0.6) is 0 Å². The van der Waals surface area contributed by atoms with Crippen LogP contribution in [0.3, 0.4) is 0 Å². The van der Waals surface area contributed by atoms with Gasteiger partial charge >= 0.3 is 5.97 Å². The van der Waals surface area contributed by atoms with Crippen LogP contribution in [0, 0.1) is 6.92 Å². The number of aryl methyl sites for hydroxylation is 1. The van der Waals surface area contributed by atoms with Crippen LogP contribution in [-0.2, 0) is 14.8 Å². The van der Waals surface area contributed by atoms with Gasteiger partial charge in [0.2, 0.25) is 10.0 Å². The monoisotopic (exact) mass is 511 g/mol. The number of carboxylic acid groups (broad SMARTS) is 1. The largest absolute Gasteiger partial charge is 0.478 e. The minimum absolute atomic E-state index is 0.0538. The molecule has 3 aromatic carbocycles. The Morgan fingerprint density at radius 2 is 1.62 bits per heavy atom. The molecule has 32 heavy (non-hydrogen) atoms. The van der Waals surface area contributed by atoms with Crippen LogP contribution >= 0.6 is 15.9 Å².